The van der Waals surface area contributed by atoms with Crippen molar-refractivity contribution in [2.24, 2.45) is 0 Å². The third-order valence-corrected chi connectivity index (χ3v) is 2.71. The lowest BCUT2D eigenvalue weighted by atomic mass is 10.1. The first kappa shape index (κ1) is 12.1. The van der Waals surface area contributed by atoms with Gasteiger partial charge in [-0.2, -0.15) is 4.73 Å². The number of anilines is 1. The molecule has 92 valence electrons. The van der Waals surface area contributed by atoms with Crippen LogP contribution in [-0.2, 0) is 6.42 Å². The van der Waals surface area contributed by atoms with Gasteiger partial charge in [0.1, 0.15) is 0 Å². The zero-order chi connectivity index (χ0) is 13.0. The minimum atomic E-state index is -0.212. The minimum Gasteiger partial charge on any atom is -0.619 e. The van der Waals surface area contributed by atoms with Crippen molar-refractivity contribution < 1.29 is 9.52 Å². The zero-order valence-electron chi connectivity index (χ0n) is 10.1. The number of carbonyl (C=O) groups excluding carboxylic acids is 1. The van der Waals surface area contributed by atoms with E-state index in [-0.39, 0.29) is 5.91 Å². The number of pyridine rings is 1. The molecule has 0 saturated carbocycles. The van der Waals surface area contributed by atoms with Crippen LogP contribution in [0.5, 0.6) is 0 Å². The molecule has 0 spiro atoms. The van der Waals surface area contributed by atoms with E-state index in [1.165, 1.54) is 24.5 Å². The number of hydrogen-bond donors (Lipinski definition) is 1. The highest BCUT2D eigenvalue weighted by atomic mass is 16.5. The number of benzene rings is 1. The maximum absolute atomic E-state index is 12.0. The highest BCUT2D eigenvalue weighted by molar-refractivity contribution is 6.04. The van der Waals surface area contributed by atoms with Crippen LogP contribution in [0.4, 0.5) is 5.69 Å². The average molecular weight is 242 g/mol. The van der Waals surface area contributed by atoms with Crippen molar-refractivity contribution in [2.45, 2.75) is 13.3 Å². The minimum absolute atomic E-state index is 0.212. The smallest absolute Gasteiger partial charge is 0.256 e. The van der Waals surface area contributed by atoms with Gasteiger partial charge in [0, 0.05) is 17.8 Å². The summed E-state index contributed by atoms with van der Waals surface area (Å²) >= 11 is 0. The van der Waals surface area contributed by atoms with Gasteiger partial charge in [0.15, 0.2) is 12.4 Å². The molecule has 0 fully saturated rings. The number of nitrogens with one attached hydrogen (secondary N) is 1. The van der Waals surface area contributed by atoms with Crippen molar-refractivity contribution in [3.63, 3.8) is 0 Å². The number of rotatable bonds is 3. The van der Waals surface area contributed by atoms with E-state index in [0.29, 0.717) is 10.3 Å². The van der Waals surface area contributed by atoms with E-state index in [9.17, 15) is 10.0 Å². The average Bonchev–Trinajstić information content (AvgIpc) is 2.40. The number of para-hydroxylation sites is 1. The van der Waals surface area contributed by atoms with Crippen LogP contribution in [0, 0.1) is 5.21 Å². The first-order valence-electron chi connectivity index (χ1n) is 5.79. The van der Waals surface area contributed by atoms with Gasteiger partial charge in [0.2, 0.25) is 0 Å². The predicted octanol–water partition coefficient (Wildman–Crippen LogP) is 2.13. The molecule has 2 aromatic rings. The quantitative estimate of drug-likeness (QED) is 0.662. The molecule has 1 amide bonds. The molecule has 1 N–H and O–H groups in total. The Kier molecular flexibility index (Phi) is 3.57. The van der Waals surface area contributed by atoms with Crippen LogP contribution < -0.4 is 10.0 Å². The van der Waals surface area contributed by atoms with Gasteiger partial charge in [-0.1, -0.05) is 25.1 Å². The van der Waals surface area contributed by atoms with Crippen LogP contribution in [0.2, 0.25) is 0 Å². The fourth-order valence-electron chi connectivity index (χ4n) is 1.71. The molecular formula is C14H14N2O2. The van der Waals surface area contributed by atoms with E-state index in [1.807, 2.05) is 31.2 Å². The van der Waals surface area contributed by atoms with Gasteiger partial charge in [-0.05, 0) is 18.1 Å². The third kappa shape index (κ3) is 2.66. The van der Waals surface area contributed by atoms with Crippen molar-refractivity contribution in [3.8, 4) is 0 Å². The molecule has 0 aliphatic carbocycles. The van der Waals surface area contributed by atoms with E-state index in [4.69, 9.17) is 0 Å². The van der Waals surface area contributed by atoms with Crippen molar-refractivity contribution in [1.82, 2.24) is 0 Å². The van der Waals surface area contributed by atoms with Crippen molar-refractivity contribution in [1.29, 1.82) is 0 Å². The molecular weight excluding hydrogens is 228 g/mol. The molecule has 1 heterocycles. The Balaban J connectivity index is 2.18. The molecule has 4 nitrogen and oxygen atoms in total. The highest BCUT2D eigenvalue weighted by Crippen LogP contribution is 2.16. The zero-order valence-corrected chi connectivity index (χ0v) is 10.1. The monoisotopic (exact) mass is 242 g/mol. The molecule has 0 bridgehead atoms. The third-order valence-electron chi connectivity index (χ3n) is 2.71. The normalized spacial score (nSPS) is 10.1. The summed E-state index contributed by atoms with van der Waals surface area (Å²) < 4.78 is 0.650. The number of hydrogen-bond acceptors (Lipinski definition) is 2. The molecule has 0 saturated heterocycles. The van der Waals surface area contributed by atoms with Crippen molar-refractivity contribution in [2.75, 3.05) is 5.32 Å². The maximum atomic E-state index is 12.0. The van der Waals surface area contributed by atoms with Gasteiger partial charge in [-0.3, -0.25) is 4.79 Å². The second-order valence-electron chi connectivity index (χ2n) is 3.91. The SMILES string of the molecule is CCc1ccccc1NC(=O)c1cc[n+]([O-])cc1. The lowest BCUT2D eigenvalue weighted by Crippen LogP contribution is -2.25. The molecule has 2 rings (SSSR count). The van der Waals surface area contributed by atoms with Gasteiger partial charge in [0.05, 0.1) is 5.56 Å². The van der Waals surface area contributed by atoms with Gasteiger partial charge < -0.3 is 10.5 Å². The highest BCUT2D eigenvalue weighted by Gasteiger charge is 2.08. The molecule has 18 heavy (non-hydrogen) atoms. The fraction of sp³-hybridized carbons (Fsp3) is 0.143. The van der Waals surface area contributed by atoms with Crippen molar-refractivity contribution in [3.05, 3.63) is 65.1 Å². The number of nitrogens with zero attached hydrogens (tertiary/aromatic N) is 1. The summed E-state index contributed by atoms with van der Waals surface area (Å²) in [5.74, 6) is -0.212. The first-order valence-corrected chi connectivity index (χ1v) is 5.79. The number of aryl methyl sites for hydroxylation is 1. The lowest BCUT2D eigenvalue weighted by Gasteiger charge is -2.09. The summed E-state index contributed by atoms with van der Waals surface area (Å²) in [6.07, 6.45) is 3.47. The number of carbonyl (C=O) groups is 1. The van der Waals surface area contributed by atoms with Crippen LogP contribution in [0.3, 0.4) is 0 Å². The summed E-state index contributed by atoms with van der Waals surface area (Å²) in [5.41, 5.74) is 2.36. The Morgan fingerprint density at radius 2 is 1.89 bits per heavy atom. The molecule has 1 aromatic carbocycles. The molecule has 0 radical (unpaired) electrons. The summed E-state index contributed by atoms with van der Waals surface area (Å²) in [7, 11) is 0. The van der Waals surface area contributed by atoms with Crippen LogP contribution >= 0.6 is 0 Å². The van der Waals surface area contributed by atoms with Gasteiger partial charge in [0.25, 0.3) is 5.91 Å². The largest absolute Gasteiger partial charge is 0.619 e. The maximum Gasteiger partial charge on any atom is 0.256 e. The van der Waals surface area contributed by atoms with Crippen molar-refractivity contribution >= 4 is 11.6 Å². The summed E-state index contributed by atoms with van der Waals surface area (Å²) in [6.45, 7) is 2.04. The van der Waals surface area contributed by atoms with E-state index in [2.05, 4.69) is 5.32 Å². The predicted molar refractivity (Wildman–Crippen MR) is 69.2 cm³/mol. The second-order valence-corrected chi connectivity index (χ2v) is 3.91. The standard InChI is InChI=1S/C14H14N2O2/c1-2-11-5-3-4-6-13(11)15-14(17)12-7-9-16(18)10-8-12/h3-10H,2H2,1H3,(H,15,17). The Morgan fingerprint density at radius 3 is 2.56 bits per heavy atom. The van der Waals surface area contributed by atoms with Crippen LogP contribution in [0.25, 0.3) is 0 Å². The first-order chi connectivity index (χ1) is 8.70. The fourth-order valence-corrected chi connectivity index (χ4v) is 1.71. The van der Waals surface area contributed by atoms with Crippen LogP contribution in [0.1, 0.15) is 22.8 Å². The molecule has 0 atom stereocenters. The molecule has 0 unspecified atom stereocenters. The Labute approximate surface area is 105 Å². The lowest BCUT2D eigenvalue weighted by molar-refractivity contribution is -0.605. The summed E-state index contributed by atoms with van der Waals surface area (Å²) in [4.78, 5) is 12.0. The number of amides is 1. The summed E-state index contributed by atoms with van der Waals surface area (Å²) in [6, 6.07) is 10.7. The van der Waals surface area contributed by atoms with Gasteiger partial charge in [-0.15, -0.1) is 0 Å². The Bertz CT molecular complexity index is 550. The molecule has 1 aromatic heterocycles. The van der Waals surface area contributed by atoms with E-state index >= 15 is 0 Å². The van der Waals surface area contributed by atoms with Crippen LogP contribution in [0.15, 0.2) is 48.8 Å². The topological polar surface area (TPSA) is 56.0 Å². The second kappa shape index (κ2) is 5.31. The van der Waals surface area contributed by atoms with E-state index in [1.54, 1.807) is 0 Å². The Morgan fingerprint density at radius 1 is 1.22 bits per heavy atom. The van der Waals surface area contributed by atoms with Gasteiger partial charge in [-0.25, -0.2) is 0 Å². The number of aromatic nitrogens is 1. The van der Waals surface area contributed by atoms with Gasteiger partial charge >= 0.3 is 0 Å². The van der Waals surface area contributed by atoms with E-state index < -0.39 is 0 Å². The molecule has 4 heteroatoms. The Hall–Kier alpha value is -2.36. The summed E-state index contributed by atoms with van der Waals surface area (Å²) in [5, 5.41) is 13.7. The van der Waals surface area contributed by atoms with E-state index in [0.717, 1.165) is 17.7 Å². The molecule has 0 aliphatic rings. The molecule has 0 aliphatic heterocycles. The van der Waals surface area contributed by atoms with Crippen LogP contribution in [-0.4, -0.2) is 5.91 Å².